The summed E-state index contributed by atoms with van der Waals surface area (Å²) in [5.74, 6) is 2.12. The average molecular weight is 215 g/mol. The number of rotatable bonds is 2. The zero-order valence-electron chi connectivity index (χ0n) is 8.42. The molecule has 0 saturated carbocycles. The summed E-state index contributed by atoms with van der Waals surface area (Å²) >= 11 is 0. The Labute approximate surface area is 91.5 Å². The predicted octanol–water partition coefficient (Wildman–Crippen LogP) is 0.620. The Morgan fingerprint density at radius 1 is 1.50 bits per heavy atom. The molecule has 0 amide bonds. The van der Waals surface area contributed by atoms with Gasteiger partial charge in [-0.3, -0.25) is 4.99 Å². The van der Waals surface area contributed by atoms with E-state index in [0.717, 1.165) is 17.3 Å². The van der Waals surface area contributed by atoms with Crippen LogP contribution in [0.2, 0.25) is 0 Å². The molecule has 0 atom stereocenters. The molecule has 0 aliphatic carbocycles. The highest BCUT2D eigenvalue weighted by atomic mass is 16.3. The van der Waals surface area contributed by atoms with Gasteiger partial charge in [0.15, 0.2) is 5.84 Å². The van der Waals surface area contributed by atoms with Gasteiger partial charge in [0.2, 0.25) is 5.96 Å². The van der Waals surface area contributed by atoms with Crippen molar-refractivity contribution in [3.8, 4) is 0 Å². The van der Waals surface area contributed by atoms with Gasteiger partial charge in [0.05, 0.1) is 12.8 Å². The highest BCUT2D eigenvalue weighted by Crippen LogP contribution is 2.04. The van der Waals surface area contributed by atoms with E-state index in [1.165, 1.54) is 6.34 Å². The fourth-order valence-corrected chi connectivity index (χ4v) is 1.46. The summed E-state index contributed by atoms with van der Waals surface area (Å²) in [6.07, 6.45) is 3.15. The molecular weight excluding hydrogens is 206 g/mol. The van der Waals surface area contributed by atoms with Crippen LogP contribution in [0.25, 0.3) is 0 Å². The quantitative estimate of drug-likeness (QED) is 0.785. The number of aliphatic imine (C=N–C) groups is 4. The summed E-state index contributed by atoms with van der Waals surface area (Å²) in [7, 11) is 0. The maximum atomic E-state index is 5.17. The van der Waals surface area contributed by atoms with E-state index in [2.05, 4.69) is 25.3 Å². The molecule has 0 bridgehead atoms. The smallest absolute Gasteiger partial charge is 0.224 e. The maximum absolute atomic E-state index is 5.17. The topological polar surface area (TPSA) is 74.6 Å². The lowest BCUT2D eigenvalue weighted by molar-refractivity contribution is 0.512. The number of nitrogens with zero attached hydrogens (tertiary/aromatic N) is 4. The number of furan rings is 1. The minimum absolute atomic E-state index is 0.472. The molecule has 80 valence electrons. The first-order chi connectivity index (χ1) is 7.92. The van der Waals surface area contributed by atoms with E-state index in [1.807, 2.05) is 12.1 Å². The molecule has 2 aliphatic rings. The van der Waals surface area contributed by atoms with Gasteiger partial charge in [0, 0.05) is 0 Å². The first kappa shape index (κ1) is 9.02. The van der Waals surface area contributed by atoms with E-state index in [4.69, 9.17) is 4.42 Å². The van der Waals surface area contributed by atoms with Crippen LogP contribution in [0.5, 0.6) is 0 Å². The fourth-order valence-electron chi connectivity index (χ4n) is 1.46. The molecule has 1 N–H and O–H groups in total. The lowest BCUT2D eigenvalue weighted by Crippen LogP contribution is -2.29. The zero-order chi connectivity index (χ0) is 10.8. The Balaban J connectivity index is 1.74. The van der Waals surface area contributed by atoms with Gasteiger partial charge in [-0.1, -0.05) is 0 Å². The second-order valence-corrected chi connectivity index (χ2v) is 3.34. The van der Waals surface area contributed by atoms with Crippen molar-refractivity contribution in [1.82, 2.24) is 5.32 Å². The predicted molar refractivity (Wildman–Crippen MR) is 61.2 cm³/mol. The lowest BCUT2D eigenvalue weighted by atomic mass is 10.3. The van der Waals surface area contributed by atoms with Crippen LogP contribution in [0.3, 0.4) is 0 Å². The van der Waals surface area contributed by atoms with Gasteiger partial charge in [-0.15, -0.1) is 0 Å². The molecule has 1 aromatic rings. The van der Waals surface area contributed by atoms with Crippen molar-refractivity contribution >= 4 is 23.8 Å². The van der Waals surface area contributed by atoms with Gasteiger partial charge in [-0.2, -0.15) is 0 Å². The van der Waals surface area contributed by atoms with E-state index in [-0.39, 0.29) is 0 Å². The number of amidine groups is 1. The molecule has 3 rings (SSSR count). The van der Waals surface area contributed by atoms with E-state index in [9.17, 15) is 0 Å². The van der Waals surface area contributed by atoms with Crippen molar-refractivity contribution in [2.45, 2.75) is 6.54 Å². The second-order valence-electron chi connectivity index (χ2n) is 3.34. The first-order valence-corrected chi connectivity index (χ1v) is 4.90. The Morgan fingerprint density at radius 2 is 2.50 bits per heavy atom. The van der Waals surface area contributed by atoms with Crippen molar-refractivity contribution in [1.29, 1.82) is 0 Å². The average Bonchev–Trinajstić information content (AvgIpc) is 2.95. The monoisotopic (exact) mass is 215 g/mol. The number of nitrogens with one attached hydrogen (secondary N) is 1. The summed E-state index contributed by atoms with van der Waals surface area (Å²) in [4.78, 5) is 16.6. The molecule has 0 aromatic carbocycles. The van der Waals surface area contributed by atoms with Gasteiger partial charge in [-0.05, 0) is 12.1 Å². The Kier molecular flexibility index (Phi) is 2.10. The summed E-state index contributed by atoms with van der Waals surface area (Å²) in [6, 6.07) is 3.71. The molecule has 0 radical (unpaired) electrons. The van der Waals surface area contributed by atoms with Gasteiger partial charge >= 0.3 is 0 Å². The molecule has 0 spiro atoms. The standard InChI is InChI=1S/C10H9N5O/c1-2-7(16-3-1)4-12-10-14-8-5-11-6-13-9(8)15-10/h1-3,6H,4-5H2,(H,11,12,13,15). The van der Waals surface area contributed by atoms with Crippen molar-refractivity contribution < 1.29 is 4.42 Å². The summed E-state index contributed by atoms with van der Waals surface area (Å²) in [5.41, 5.74) is 0.834. The van der Waals surface area contributed by atoms with Crippen LogP contribution >= 0.6 is 0 Å². The molecule has 0 fully saturated rings. The SMILES string of the molecule is C1=NCC2=NC(=NCc3ccco3)NC2=N1. The molecule has 6 nitrogen and oxygen atoms in total. The van der Waals surface area contributed by atoms with Gasteiger partial charge in [0.1, 0.15) is 24.4 Å². The Morgan fingerprint density at radius 3 is 3.31 bits per heavy atom. The number of hydrogen-bond acceptors (Lipinski definition) is 4. The summed E-state index contributed by atoms with van der Waals surface area (Å²) < 4.78 is 5.17. The molecule has 0 unspecified atom stereocenters. The molecule has 1 aromatic heterocycles. The van der Waals surface area contributed by atoms with Crippen LogP contribution in [0.1, 0.15) is 5.76 Å². The van der Waals surface area contributed by atoms with Crippen LogP contribution < -0.4 is 5.32 Å². The van der Waals surface area contributed by atoms with Crippen LogP contribution in [0.15, 0.2) is 42.8 Å². The molecule has 0 saturated heterocycles. The van der Waals surface area contributed by atoms with Crippen molar-refractivity contribution in [3.05, 3.63) is 24.2 Å². The van der Waals surface area contributed by atoms with Crippen LogP contribution in [-0.4, -0.2) is 30.4 Å². The Hall–Kier alpha value is -2.24. The second kappa shape index (κ2) is 3.73. The number of fused-ring (bicyclic) bond motifs is 1. The fraction of sp³-hybridized carbons (Fsp3) is 0.200. The van der Waals surface area contributed by atoms with Crippen LogP contribution in [0.4, 0.5) is 0 Å². The first-order valence-electron chi connectivity index (χ1n) is 4.90. The zero-order valence-corrected chi connectivity index (χ0v) is 8.42. The van der Waals surface area contributed by atoms with E-state index in [1.54, 1.807) is 6.26 Å². The molecular formula is C10H9N5O. The maximum Gasteiger partial charge on any atom is 0.224 e. The van der Waals surface area contributed by atoms with E-state index in [0.29, 0.717) is 19.0 Å². The third-order valence-electron chi connectivity index (χ3n) is 2.22. The largest absolute Gasteiger partial charge is 0.467 e. The van der Waals surface area contributed by atoms with Gasteiger partial charge < -0.3 is 9.73 Å². The van der Waals surface area contributed by atoms with E-state index < -0.39 is 0 Å². The minimum atomic E-state index is 0.472. The highest BCUT2D eigenvalue weighted by Gasteiger charge is 2.20. The molecule has 6 heteroatoms. The number of guanidine groups is 1. The van der Waals surface area contributed by atoms with Gasteiger partial charge in [0.25, 0.3) is 0 Å². The van der Waals surface area contributed by atoms with E-state index >= 15 is 0 Å². The van der Waals surface area contributed by atoms with Crippen LogP contribution in [-0.2, 0) is 6.54 Å². The normalized spacial score (nSPS) is 20.4. The lowest BCUT2D eigenvalue weighted by Gasteiger charge is -2.00. The number of hydrogen-bond donors (Lipinski definition) is 1. The molecule has 16 heavy (non-hydrogen) atoms. The summed E-state index contributed by atoms with van der Waals surface area (Å²) in [5, 5.41) is 3.02. The van der Waals surface area contributed by atoms with Gasteiger partial charge in [-0.25, -0.2) is 15.0 Å². The summed E-state index contributed by atoms with van der Waals surface area (Å²) in [6.45, 7) is 1.03. The Bertz CT molecular complexity index is 509. The van der Waals surface area contributed by atoms with Crippen molar-refractivity contribution in [2.75, 3.05) is 6.54 Å². The van der Waals surface area contributed by atoms with Crippen molar-refractivity contribution in [2.24, 2.45) is 20.0 Å². The molecule has 2 aliphatic heterocycles. The third-order valence-corrected chi connectivity index (χ3v) is 2.22. The molecule has 3 heterocycles. The van der Waals surface area contributed by atoms with Crippen LogP contribution in [0, 0.1) is 0 Å². The minimum Gasteiger partial charge on any atom is -0.467 e. The highest BCUT2D eigenvalue weighted by molar-refractivity contribution is 6.51. The van der Waals surface area contributed by atoms with Crippen molar-refractivity contribution in [3.63, 3.8) is 0 Å². The third kappa shape index (κ3) is 1.65.